The van der Waals surface area contributed by atoms with Crippen LogP contribution in [0.25, 0.3) is 16.6 Å². The summed E-state index contributed by atoms with van der Waals surface area (Å²) in [7, 11) is 0. The zero-order valence-corrected chi connectivity index (χ0v) is 15.2. The molecule has 0 saturated carbocycles. The van der Waals surface area contributed by atoms with Crippen molar-refractivity contribution in [1.29, 1.82) is 0 Å². The van der Waals surface area contributed by atoms with Crippen molar-refractivity contribution >= 4 is 28.6 Å². The van der Waals surface area contributed by atoms with Crippen LogP contribution in [0.5, 0.6) is 0 Å². The average Bonchev–Trinajstić information content (AvgIpc) is 2.61. The van der Waals surface area contributed by atoms with Gasteiger partial charge in [-0.3, -0.25) is 14.2 Å². The van der Waals surface area contributed by atoms with Gasteiger partial charge in [0.1, 0.15) is 5.82 Å². The van der Waals surface area contributed by atoms with Crippen LogP contribution in [-0.2, 0) is 4.79 Å². The van der Waals surface area contributed by atoms with Crippen molar-refractivity contribution in [3.05, 3.63) is 64.7 Å². The van der Waals surface area contributed by atoms with Gasteiger partial charge in [0.05, 0.1) is 22.3 Å². The summed E-state index contributed by atoms with van der Waals surface area (Å²) in [6.45, 7) is 3.76. The number of thioether (sulfide) groups is 1. The van der Waals surface area contributed by atoms with Gasteiger partial charge in [-0.1, -0.05) is 23.9 Å². The highest BCUT2D eigenvalue weighted by Crippen LogP contribution is 2.21. The zero-order valence-electron chi connectivity index (χ0n) is 14.4. The van der Waals surface area contributed by atoms with Gasteiger partial charge in [-0.25, -0.2) is 9.37 Å². The Morgan fingerprint density at radius 3 is 2.58 bits per heavy atom. The largest absolute Gasteiger partial charge is 0.353 e. The molecule has 2 aromatic carbocycles. The lowest BCUT2D eigenvalue weighted by molar-refractivity contribution is -0.119. The van der Waals surface area contributed by atoms with Gasteiger partial charge in [-0.15, -0.1) is 0 Å². The van der Waals surface area contributed by atoms with E-state index >= 15 is 0 Å². The number of hydrogen-bond donors (Lipinski definition) is 1. The third kappa shape index (κ3) is 3.94. The van der Waals surface area contributed by atoms with Crippen LogP contribution in [0.3, 0.4) is 0 Å². The molecule has 1 N–H and O–H groups in total. The molecule has 1 aromatic heterocycles. The first-order valence-electron chi connectivity index (χ1n) is 8.15. The predicted octanol–water partition coefficient (Wildman–Crippen LogP) is 3.14. The van der Waals surface area contributed by atoms with Crippen LogP contribution in [0.4, 0.5) is 4.39 Å². The average molecular weight is 371 g/mol. The Morgan fingerprint density at radius 1 is 1.19 bits per heavy atom. The quantitative estimate of drug-likeness (QED) is 0.553. The molecule has 1 amide bonds. The molecular formula is C19H18FN3O2S. The van der Waals surface area contributed by atoms with E-state index in [2.05, 4.69) is 10.3 Å². The van der Waals surface area contributed by atoms with Crippen molar-refractivity contribution in [2.24, 2.45) is 0 Å². The van der Waals surface area contributed by atoms with E-state index in [9.17, 15) is 14.0 Å². The van der Waals surface area contributed by atoms with Crippen molar-refractivity contribution in [2.45, 2.75) is 25.0 Å². The fourth-order valence-corrected chi connectivity index (χ4v) is 3.34. The number of benzene rings is 2. The molecule has 0 unspecified atom stereocenters. The molecule has 3 rings (SSSR count). The minimum atomic E-state index is -0.388. The van der Waals surface area contributed by atoms with Gasteiger partial charge in [0, 0.05) is 6.04 Å². The molecule has 0 aliphatic carbocycles. The highest BCUT2D eigenvalue weighted by Gasteiger charge is 2.15. The standard InChI is InChI=1S/C19H18FN3O2S/c1-12(2)21-17(24)11-26-19-22-16-6-4-3-5-15(16)18(25)23(19)14-9-7-13(20)8-10-14/h3-10,12H,11H2,1-2H3,(H,21,24). The lowest BCUT2D eigenvalue weighted by Gasteiger charge is -2.13. The van der Waals surface area contributed by atoms with E-state index < -0.39 is 0 Å². The topological polar surface area (TPSA) is 64.0 Å². The van der Waals surface area contributed by atoms with Gasteiger partial charge in [-0.05, 0) is 50.2 Å². The minimum absolute atomic E-state index is 0.0342. The van der Waals surface area contributed by atoms with Gasteiger partial charge >= 0.3 is 0 Å². The van der Waals surface area contributed by atoms with Gasteiger partial charge in [0.15, 0.2) is 5.16 Å². The smallest absolute Gasteiger partial charge is 0.266 e. The van der Waals surface area contributed by atoms with Gasteiger partial charge in [0.2, 0.25) is 5.91 Å². The molecular weight excluding hydrogens is 353 g/mol. The first-order chi connectivity index (χ1) is 12.5. The van der Waals surface area contributed by atoms with E-state index in [0.717, 1.165) is 0 Å². The molecule has 0 spiro atoms. The number of fused-ring (bicyclic) bond motifs is 1. The van der Waals surface area contributed by atoms with Gasteiger partial charge in [-0.2, -0.15) is 0 Å². The molecule has 0 aliphatic rings. The minimum Gasteiger partial charge on any atom is -0.353 e. The van der Waals surface area contributed by atoms with E-state index in [0.29, 0.717) is 21.7 Å². The Morgan fingerprint density at radius 2 is 1.88 bits per heavy atom. The highest BCUT2D eigenvalue weighted by molar-refractivity contribution is 7.99. The molecule has 1 heterocycles. The molecule has 134 valence electrons. The second-order valence-corrected chi connectivity index (χ2v) is 6.98. The number of amides is 1. The number of para-hydroxylation sites is 1. The molecule has 0 saturated heterocycles. The summed E-state index contributed by atoms with van der Waals surface area (Å²) in [4.78, 5) is 29.5. The first-order valence-corrected chi connectivity index (χ1v) is 9.14. The number of carbonyl (C=O) groups excluding carboxylic acids is 1. The summed E-state index contributed by atoms with van der Waals surface area (Å²) in [5.41, 5.74) is 0.804. The van der Waals surface area contributed by atoms with Crippen molar-refractivity contribution in [2.75, 3.05) is 5.75 Å². The Bertz CT molecular complexity index is 1000. The maximum absolute atomic E-state index is 13.3. The monoisotopic (exact) mass is 371 g/mol. The third-order valence-electron chi connectivity index (χ3n) is 3.61. The third-order valence-corrected chi connectivity index (χ3v) is 4.55. The summed E-state index contributed by atoms with van der Waals surface area (Å²) in [6.07, 6.45) is 0. The SMILES string of the molecule is CC(C)NC(=O)CSc1nc2ccccc2c(=O)n1-c1ccc(F)cc1. The molecule has 0 fully saturated rings. The molecule has 26 heavy (non-hydrogen) atoms. The summed E-state index contributed by atoms with van der Waals surface area (Å²) in [5.74, 6) is -0.399. The Hall–Kier alpha value is -2.67. The van der Waals surface area contributed by atoms with Crippen LogP contribution in [0.15, 0.2) is 58.5 Å². The molecule has 0 atom stereocenters. The van der Waals surface area contributed by atoms with Crippen LogP contribution in [0.2, 0.25) is 0 Å². The Kier molecular flexibility index (Phi) is 5.37. The molecule has 0 radical (unpaired) electrons. The van der Waals surface area contributed by atoms with E-state index in [4.69, 9.17) is 0 Å². The molecule has 5 nitrogen and oxygen atoms in total. The molecule has 3 aromatic rings. The van der Waals surface area contributed by atoms with Crippen molar-refractivity contribution in [1.82, 2.24) is 14.9 Å². The van der Waals surface area contributed by atoms with Gasteiger partial charge in [0.25, 0.3) is 5.56 Å². The highest BCUT2D eigenvalue weighted by atomic mass is 32.2. The lowest BCUT2D eigenvalue weighted by atomic mass is 10.2. The first kappa shape index (κ1) is 18.1. The number of rotatable bonds is 5. The van der Waals surface area contributed by atoms with Gasteiger partial charge < -0.3 is 5.32 Å². The molecule has 7 heteroatoms. The Labute approximate surface area is 154 Å². The van der Waals surface area contributed by atoms with Crippen LogP contribution in [-0.4, -0.2) is 27.3 Å². The summed E-state index contributed by atoms with van der Waals surface area (Å²) < 4.78 is 14.7. The van der Waals surface area contributed by atoms with Crippen LogP contribution < -0.4 is 10.9 Å². The van der Waals surface area contributed by atoms with E-state index in [1.54, 1.807) is 24.3 Å². The normalized spacial score (nSPS) is 11.1. The second kappa shape index (κ2) is 7.70. The summed E-state index contributed by atoms with van der Waals surface area (Å²) >= 11 is 1.17. The van der Waals surface area contributed by atoms with E-state index in [1.165, 1.54) is 40.6 Å². The fraction of sp³-hybridized carbons (Fsp3) is 0.211. The van der Waals surface area contributed by atoms with E-state index in [-0.39, 0.29) is 29.1 Å². The molecule has 0 bridgehead atoms. The lowest BCUT2D eigenvalue weighted by Crippen LogP contribution is -2.32. The van der Waals surface area contributed by atoms with Crippen molar-refractivity contribution < 1.29 is 9.18 Å². The van der Waals surface area contributed by atoms with Crippen LogP contribution in [0, 0.1) is 5.82 Å². The zero-order chi connectivity index (χ0) is 18.7. The van der Waals surface area contributed by atoms with Crippen LogP contribution >= 0.6 is 11.8 Å². The second-order valence-electron chi connectivity index (χ2n) is 6.04. The maximum Gasteiger partial charge on any atom is 0.266 e. The number of nitrogens with zero attached hydrogens (tertiary/aromatic N) is 2. The van der Waals surface area contributed by atoms with E-state index in [1.807, 2.05) is 13.8 Å². The predicted molar refractivity (Wildman–Crippen MR) is 101 cm³/mol. The number of halogens is 1. The number of nitrogens with one attached hydrogen (secondary N) is 1. The van der Waals surface area contributed by atoms with Crippen LogP contribution in [0.1, 0.15) is 13.8 Å². The Balaban J connectivity index is 2.07. The maximum atomic E-state index is 13.3. The summed E-state index contributed by atoms with van der Waals surface area (Å²) in [6, 6.07) is 12.7. The molecule has 0 aliphatic heterocycles. The summed E-state index contributed by atoms with van der Waals surface area (Å²) in [5, 5.41) is 3.66. The fourth-order valence-electron chi connectivity index (χ4n) is 2.52. The van der Waals surface area contributed by atoms with Crippen molar-refractivity contribution in [3.63, 3.8) is 0 Å². The number of aromatic nitrogens is 2. The number of hydrogen-bond acceptors (Lipinski definition) is 4. The number of carbonyl (C=O) groups is 1. The van der Waals surface area contributed by atoms with Crippen molar-refractivity contribution in [3.8, 4) is 5.69 Å².